The molecule has 0 bridgehead atoms. The largest absolute Gasteiger partial charge is 0.422 e. The van der Waals surface area contributed by atoms with Crippen molar-refractivity contribution in [2.45, 2.75) is 26.7 Å². The van der Waals surface area contributed by atoms with Crippen molar-refractivity contribution >= 4 is 45.5 Å². The molecular formula is C30H24N2O4. The maximum atomic E-state index is 13.2. The van der Waals surface area contributed by atoms with Crippen molar-refractivity contribution < 1.29 is 8.83 Å². The Morgan fingerprint density at radius 1 is 0.639 bits per heavy atom. The van der Waals surface area contributed by atoms with Crippen molar-refractivity contribution in [2.24, 2.45) is 0 Å². The van der Waals surface area contributed by atoms with Gasteiger partial charge in [-0.05, 0) is 83.6 Å². The molecular weight excluding hydrogens is 452 g/mol. The molecule has 36 heavy (non-hydrogen) atoms. The van der Waals surface area contributed by atoms with Gasteiger partial charge in [-0.1, -0.05) is 24.3 Å². The van der Waals surface area contributed by atoms with Crippen LogP contribution in [0.4, 0.5) is 11.4 Å². The predicted molar refractivity (Wildman–Crippen MR) is 145 cm³/mol. The first-order valence-corrected chi connectivity index (χ1v) is 11.8. The Morgan fingerprint density at radius 3 is 1.47 bits per heavy atom. The molecule has 0 saturated carbocycles. The third-order valence-electron chi connectivity index (χ3n) is 7.07. The van der Waals surface area contributed by atoms with Crippen LogP contribution in [0.2, 0.25) is 0 Å². The number of anilines is 2. The molecule has 2 aromatic heterocycles. The molecule has 6 nitrogen and oxygen atoms in total. The van der Waals surface area contributed by atoms with Gasteiger partial charge in [-0.3, -0.25) is 0 Å². The summed E-state index contributed by atoms with van der Waals surface area (Å²) in [5, 5.41) is 3.50. The summed E-state index contributed by atoms with van der Waals surface area (Å²) in [7, 11) is 0. The van der Waals surface area contributed by atoms with E-state index in [0.717, 1.165) is 56.3 Å². The average Bonchev–Trinajstić information content (AvgIpc) is 2.84. The van der Waals surface area contributed by atoms with Crippen LogP contribution in [0.25, 0.3) is 56.3 Å². The number of hydrogen-bond donors (Lipinski definition) is 2. The first kappa shape index (κ1) is 21.9. The van der Waals surface area contributed by atoms with Crippen LogP contribution in [0.5, 0.6) is 0 Å². The zero-order valence-electron chi connectivity index (χ0n) is 20.0. The highest BCUT2D eigenvalue weighted by Crippen LogP contribution is 2.29. The van der Waals surface area contributed by atoms with Gasteiger partial charge in [0, 0.05) is 34.3 Å². The summed E-state index contributed by atoms with van der Waals surface area (Å²) in [6, 6.07) is 14.5. The van der Waals surface area contributed by atoms with E-state index < -0.39 is 11.3 Å². The lowest BCUT2D eigenvalue weighted by molar-refractivity contribution is 0.562. The molecule has 0 fully saturated rings. The second-order valence-corrected chi connectivity index (χ2v) is 9.26. The lowest BCUT2D eigenvalue weighted by atomic mass is 9.89. The molecule has 0 spiro atoms. The van der Waals surface area contributed by atoms with Crippen molar-refractivity contribution in [3.63, 3.8) is 0 Å². The third kappa shape index (κ3) is 3.26. The summed E-state index contributed by atoms with van der Waals surface area (Å²) in [6.45, 7) is 3.84. The minimum absolute atomic E-state index is 0.418. The van der Waals surface area contributed by atoms with Crippen LogP contribution in [0.3, 0.4) is 0 Å². The van der Waals surface area contributed by atoms with Gasteiger partial charge in [0.25, 0.3) is 0 Å². The van der Waals surface area contributed by atoms with Crippen LogP contribution in [-0.4, -0.2) is 0 Å². The van der Waals surface area contributed by atoms with Gasteiger partial charge in [0.05, 0.1) is 11.1 Å². The van der Waals surface area contributed by atoms with Crippen molar-refractivity contribution in [3.05, 3.63) is 90.9 Å². The van der Waals surface area contributed by atoms with Gasteiger partial charge in [-0.2, -0.15) is 0 Å². The second-order valence-electron chi connectivity index (χ2n) is 9.26. The summed E-state index contributed by atoms with van der Waals surface area (Å²) < 4.78 is 11.4. The van der Waals surface area contributed by atoms with Gasteiger partial charge in [0.2, 0.25) is 0 Å². The highest BCUT2D eigenvalue weighted by Gasteiger charge is 2.20. The molecule has 2 heterocycles. The molecule has 1 aliphatic carbocycles. The lowest BCUT2D eigenvalue weighted by Gasteiger charge is -2.15. The molecule has 178 valence electrons. The Balaban J connectivity index is 1.66. The Hall–Kier alpha value is -4.58. The zero-order chi connectivity index (χ0) is 25.1. The molecule has 6 heteroatoms. The molecule has 4 N–H and O–H groups in total. The van der Waals surface area contributed by atoms with Crippen LogP contribution in [0.1, 0.15) is 24.0 Å². The first-order valence-electron chi connectivity index (χ1n) is 11.8. The number of nitrogens with two attached hydrogens (primary N) is 2. The fourth-order valence-corrected chi connectivity index (χ4v) is 5.34. The van der Waals surface area contributed by atoms with Gasteiger partial charge in [0.1, 0.15) is 11.2 Å². The van der Waals surface area contributed by atoms with Gasteiger partial charge in [0.15, 0.2) is 0 Å². The minimum atomic E-state index is -0.418. The lowest BCUT2D eigenvalue weighted by Crippen LogP contribution is -2.33. The fraction of sp³-hybridized carbons (Fsp3) is 0.133. The molecule has 0 radical (unpaired) electrons. The van der Waals surface area contributed by atoms with Crippen LogP contribution in [0.15, 0.2) is 67.0 Å². The topological polar surface area (TPSA) is 112 Å². The van der Waals surface area contributed by atoms with Crippen LogP contribution < -0.4 is 33.2 Å². The third-order valence-corrected chi connectivity index (χ3v) is 7.07. The van der Waals surface area contributed by atoms with Crippen molar-refractivity contribution in [1.29, 1.82) is 0 Å². The standard InChI is InChI=1S/C30H24N2O4/c1-15-19-9-7-17(31)13-25(19)35-29(33)27(15)23-11-12-24(22-6-4-3-5-21(22)23)28-16(2)20-10-8-18(32)14-26(20)36-30(28)34/h5-14H,3-4,31-32H2,1-2H3. The number of aryl methyl sites for hydroxylation is 2. The van der Waals surface area contributed by atoms with E-state index >= 15 is 0 Å². The van der Waals surface area contributed by atoms with Crippen molar-refractivity contribution in [3.8, 4) is 22.3 Å². The summed E-state index contributed by atoms with van der Waals surface area (Å²) >= 11 is 0. The van der Waals surface area contributed by atoms with Crippen molar-refractivity contribution in [2.75, 3.05) is 11.5 Å². The Morgan fingerprint density at radius 2 is 1.06 bits per heavy atom. The number of fused-ring (bicyclic) bond motifs is 3. The van der Waals surface area contributed by atoms with E-state index in [9.17, 15) is 9.59 Å². The summed E-state index contributed by atoms with van der Waals surface area (Å²) in [4.78, 5) is 26.4. The number of nitrogen functional groups attached to an aromatic ring is 2. The van der Waals surface area contributed by atoms with Crippen LogP contribution in [-0.2, 0) is 0 Å². The molecule has 0 amide bonds. The predicted octanol–water partition coefficient (Wildman–Crippen LogP) is 4.37. The van der Waals surface area contributed by atoms with E-state index in [1.54, 1.807) is 24.3 Å². The quantitative estimate of drug-likeness (QED) is 0.289. The summed E-state index contributed by atoms with van der Waals surface area (Å²) in [5.41, 5.74) is 17.2. The first-order chi connectivity index (χ1) is 17.3. The van der Waals surface area contributed by atoms with Gasteiger partial charge in [-0.15, -0.1) is 0 Å². The van der Waals surface area contributed by atoms with Crippen LogP contribution in [0, 0.1) is 13.8 Å². The average molecular weight is 477 g/mol. The number of rotatable bonds is 2. The summed E-state index contributed by atoms with van der Waals surface area (Å²) in [5.74, 6) is 0. The van der Waals surface area contributed by atoms with Crippen molar-refractivity contribution in [1.82, 2.24) is 0 Å². The van der Waals surface area contributed by atoms with E-state index in [-0.39, 0.29) is 0 Å². The van der Waals surface area contributed by atoms with E-state index in [4.69, 9.17) is 20.3 Å². The highest BCUT2D eigenvalue weighted by molar-refractivity contribution is 5.91. The molecule has 6 rings (SSSR count). The molecule has 0 aliphatic heterocycles. The van der Waals surface area contributed by atoms with Crippen LogP contribution >= 0.6 is 0 Å². The van der Waals surface area contributed by atoms with Gasteiger partial charge >= 0.3 is 11.3 Å². The molecule has 1 aliphatic rings. The molecule has 3 aromatic carbocycles. The monoisotopic (exact) mass is 476 g/mol. The highest BCUT2D eigenvalue weighted by atomic mass is 16.4. The molecule has 0 atom stereocenters. The second kappa shape index (κ2) is 7.99. The Labute approximate surface area is 205 Å². The summed E-state index contributed by atoms with van der Waals surface area (Å²) in [6.07, 6.45) is 5.92. The van der Waals surface area contributed by atoms with Gasteiger partial charge < -0.3 is 20.3 Å². The van der Waals surface area contributed by atoms with E-state index in [1.165, 1.54) is 0 Å². The minimum Gasteiger partial charge on any atom is -0.422 e. The van der Waals surface area contributed by atoms with E-state index in [1.807, 2.05) is 38.1 Å². The van der Waals surface area contributed by atoms with Gasteiger partial charge in [-0.25, -0.2) is 9.59 Å². The Bertz CT molecular complexity index is 1840. The maximum absolute atomic E-state index is 13.2. The molecule has 5 aromatic rings. The Kier molecular flexibility index (Phi) is 4.86. The molecule has 0 saturated heterocycles. The molecule has 0 unspecified atom stereocenters. The number of benzene rings is 3. The fourth-order valence-electron chi connectivity index (χ4n) is 5.34. The number of hydrogen-bond acceptors (Lipinski definition) is 6. The normalized spacial score (nSPS) is 12.8. The van der Waals surface area contributed by atoms with E-state index in [0.29, 0.717) is 33.7 Å². The SMILES string of the molecule is Cc1c(-c2ccc(-c3c(C)c4ccc(N)cc4oc3=O)c3c2=CCCC=3)c(=O)oc2cc(N)ccc12. The zero-order valence-corrected chi connectivity index (χ0v) is 20.0. The smallest absolute Gasteiger partial charge is 0.344 e. The van der Waals surface area contributed by atoms with E-state index in [2.05, 4.69) is 12.2 Å². The maximum Gasteiger partial charge on any atom is 0.344 e.